The minimum absolute atomic E-state index is 0.0605. The summed E-state index contributed by atoms with van der Waals surface area (Å²) in [5, 5.41) is 3.72. The van der Waals surface area contributed by atoms with Crippen molar-refractivity contribution in [2.24, 2.45) is 5.92 Å². The Hall–Kier alpha value is -0.800. The molecule has 1 saturated carbocycles. The van der Waals surface area contributed by atoms with Crippen LogP contribution in [0.3, 0.4) is 0 Å². The molecule has 17 heavy (non-hydrogen) atoms. The summed E-state index contributed by atoms with van der Waals surface area (Å²) in [4.78, 5) is 11.4. The highest BCUT2D eigenvalue weighted by Gasteiger charge is 2.24. The topological polar surface area (TPSA) is 34.0 Å². The Kier molecular flexibility index (Phi) is 4.63. The lowest BCUT2D eigenvalue weighted by Gasteiger charge is -2.14. The lowest BCUT2D eigenvalue weighted by atomic mass is 10.1. The molecule has 4 heteroatoms. The van der Waals surface area contributed by atoms with E-state index in [1.807, 2.05) is 12.3 Å². The third-order valence-corrected chi connectivity index (χ3v) is 3.98. The summed E-state index contributed by atoms with van der Waals surface area (Å²) in [5.74, 6) is 0.601. The fourth-order valence-electron chi connectivity index (χ4n) is 2.35. The van der Waals surface area contributed by atoms with Crippen molar-refractivity contribution in [1.82, 2.24) is 9.88 Å². The first-order chi connectivity index (χ1) is 8.27. The largest absolute Gasteiger partial charge is 0.315 e. The van der Waals surface area contributed by atoms with Gasteiger partial charge in [0, 0.05) is 30.7 Å². The van der Waals surface area contributed by atoms with Crippen LogP contribution in [-0.4, -0.2) is 23.0 Å². The van der Waals surface area contributed by atoms with Crippen molar-refractivity contribution in [3.63, 3.8) is 0 Å². The average molecular weight is 255 g/mol. The molecular weight excluding hydrogens is 236 g/mol. The van der Waals surface area contributed by atoms with Crippen LogP contribution < -0.4 is 10.9 Å². The summed E-state index contributed by atoms with van der Waals surface area (Å²) in [7, 11) is 0. The SMILES string of the molecule is O=c1ccccn1CCNCC1CCCC1Cl. The molecule has 2 unspecified atom stereocenters. The van der Waals surface area contributed by atoms with E-state index in [1.54, 1.807) is 16.7 Å². The van der Waals surface area contributed by atoms with E-state index in [4.69, 9.17) is 11.6 Å². The van der Waals surface area contributed by atoms with Gasteiger partial charge in [-0.15, -0.1) is 11.6 Å². The first-order valence-corrected chi connectivity index (χ1v) is 6.71. The van der Waals surface area contributed by atoms with Crippen molar-refractivity contribution in [2.45, 2.75) is 31.2 Å². The highest BCUT2D eigenvalue weighted by molar-refractivity contribution is 6.20. The second-order valence-corrected chi connectivity index (χ2v) is 5.20. The maximum Gasteiger partial charge on any atom is 0.250 e. The predicted molar refractivity (Wildman–Crippen MR) is 70.6 cm³/mol. The van der Waals surface area contributed by atoms with E-state index in [1.165, 1.54) is 12.8 Å². The highest BCUT2D eigenvalue weighted by atomic mass is 35.5. The van der Waals surface area contributed by atoms with E-state index >= 15 is 0 Å². The molecule has 0 aromatic carbocycles. The van der Waals surface area contributed by atoms with Gasteiger partial charge in [0.15, 0.2) is 0 Å². The van der Waals surface area contributed by atoms with E-state index in [0.717, 1.165) is 26.1 Å². The zero-order valence-electron chi connectivity index (χ0n) is 9.94. The normalized spacial score (nSPS) is 24.1. The molecule has 0 amide bonds. The maximum atomic E-state index is 11.4. The summed E-state index contributed by atoms with van der Waals surface area (Å²) in [6, 6.07) is 5.24. The monoisotopic (exact) mass is 254 g/mol. The van der Waals surface area contributed by atoms with Crippen molar-refractivity contribution in [3.05, 3.63) is 34.7 Å². The minimum atomic E-state index is 0.0605. The number of nitrogens with one attached hydrogen (secondary N) is 1. The molecule has 0 bridgehead atoms. The molecule has 1 aliphatic rings. The molecule has 1 N–H and O–H groups in total. The lowest BCUT2D eigenvalue weighted by Crippen LogP contribution is -2.30. The average Bonchev–Trinajstić information content (AvgIpc) is 2.73. The van der Waals surface area contributed by atoms with Crippen LogP contribution >= 0.6 is 11.6 Å². The van der Waals surface area contributed by atoms with Gasteiger partial charge in [0.2, 0.25) is 0 Å². The molecule has 2 atom stereocenters. The fraction of sp³-hybridized carbons (Fsp3) is 0.615. The van der Waals surface area contributed by atoms with Gasteiger partial charge in [0.25, 0.3) is 5.56 Å². The van der Waals surface area contributed by atoms with Gasteiger partial charge in [-0.2, -0.15) is 0 Å². The Bertz CT molecular complexity index is 404. The summed E-state index contributed by atoms with van der Waals surface area (Å²) in [6.07, 6.45) is 5.45. The number of alkyl halides is 1. The van der Waals surface area contributed by atoms with E-state index < -0.39 is 0 Å². The smallest absolute Gasteiger partial charge is 0.250 e. The number of hydrogen-bond acceptors (Lipinski definition) is 2. The van der Waals surface area contributed by atoms with Crippen LogP contribution in [0.1, 0.15) is 19.3 Å². The van der Waals surface area contributed by atoms with Crippen molar-refractivity contribution in [3.8, 4) is 0 Å². The van der Waals surface area contributed by atoms with Gasteiger partial charge >= 0.3 is 0 Å². The van der Waals surface area contributed by atoms with Gasteiger partial charge < -0.3 is 9.88 Å². The molecule has 1 aromatic rings. The second-order valence-electron chi connectivity index (χ2n) is 4.64. The number of halogens is 1. The van der Waals surface area contributed by atoms with Crippen LogP contribution in [0.4, 0.5) is 0 Å². The molecule has 1 aromatic heterocycles. The maximum absolute atomic E-state index is 11.4. The van der Waals surface area contributed by atoms with Crippen LogP contribution in [0.5, 0.6) is 0 Å². The number of hydrogen-bond donors (Lipinski definition) is 1. The van der Waals surface area contributed by atoms with Crippen molar-refractivity contribution in [1.29, 1.82) is 0 Å². The molecule has 1 heterocycles. The van der Waals surface area contributed by atoms with Gasteiger partial charge in [0.05, 0.1) is 0 Å². The Balaban J connectivity index is 1.70. The molecular formula is C13H19ClN2O. The first kappa shape index (κ1) is 12.7. The first-order valence-electron chi connectivity index (χ1n) is 6.27. The van der Waals surface area contributed by atoms with Gasteiger partial charge in [-0.05, 0) is 31.4 Å². The van der Waals surface area contributed by atoms with Crippen LogP contribution in [0.25, 0.3) is 0 Å². The third kappa shape index (κ3) is 3.58. The number of nitrogens with zero attached hydrogens (tertiary/aromatic N) is 1. The quantitative estimate of drug-likeness (QED) is 0.643. The molecule has 1 aliphatic carbocycles. The zero-order chi connectivity index (χ0) is 12.1. The van der Waals surface area contributed by atoms with Crippen molar-refractivity contribution in [2.75, 3.05) is 13.1 Å². The summed E-state index contributed by atoms with van der Waals surface area (Å²) >= 11 is 6.20. The third-order valence-electron chi connectivity index (χ3n) is 3.40. The molecule has 3 nitrogen and oxygen atoms in total. The van der Waals surface area contributed by atoms with Crippen molar-refractivity contribution >= 4 is 11.6 Å². The molecule has 0 saturated heterocycles. The van der Waals surface area contributed by atoms with Crippen LogP contribution in [0, 0.1) is 5.92 Å². The molecule has 0 radical (unpaired) electrons. The van der Waals surface area contributed by atoms with Crippen molar-refractivity contribution < 1.29 is 0 Å². The molecule has 0 spiro atoms. The predicted octanol–water partition coefficient (Wildman–Crippen LogP) is 1.85. The molecule has 2 rings (SSSR count). The highest BCUT2D eigenvalue weighted by Crippen LogP contribution is 2.29. The Morgan fingerprint density at radius 3 is 3.00 bits per heavy atom. The minimum Gasteiger partial charge on any atom is -0.315 e. The number of rotatable bonds is 5. The van der Waals surface area contributed by atoms with Crippen LogP contribution in [0.15, 0.2) is 29.2 Å². The van der Waals surface area contributed by atoms with E-state index in [2.05, 4.69) is 5.32 Å². The zero-order valence-corrected chi connectivity index (χ0v) is 10.7. The Morgan fingerprint density at radius 1 is 1.41 bits per heavy atom. The van der Waals surface area contributed by atoms with Gasteiger partial charge in [0.1, 0.15) is 0 Å². The standard InChI is InChI=1S/C13H19ClN2O/c14-12-5-3-4-11(12)10-15-7-9-16-8-2-1-6-13(16)17/h1-2,6,8,11-12,15H,3-5,7,9-10H2. The summed E-state index contributed by atoms with van der Waals surface area (Å²) in [5.41, 5.74) is 0.0605. The van der Waals surface area contributed by atoms with E-state index in [-0.39, 0.29) is 5.56 Å². The molecule has 1 fully saturated rings. The lowest BCUT2D eigenvalue weighted by molar-refractivity contribution is 0.478. The van der Waals surface area contributed by atoms with E-state index in [0.29, 0.717) is 11.3 Å². The van der Waals surface area contributed by atoms with E-state index in [9.17, 15) is 4.79 Å². The number of pyridine rings is 1. The molecule has 0 aliphatic heterocycles. The Morgan fingerprint density at radius 2 is 2.29 bits per heavy atom. The van der Waals surface area contributed by atoms with Gasteiger partial charge in [-0.25, -0.2) is 0 Å². The summed E-state index contributed by atoms with van der Waals surface area (Å²) < 4.78 is 1.72. The summed E-state index contributed by atoms with van der Waals surface area (Å²) in [6.45, 7) is 2.51. The van der Waals surface area contributed by atoms with Gasteiger partial charge in [-0.3, -0.25) is 4.79 Å². The van der Waals surface area contributed by atoms with Gasteiger partial charge in [-0.1, -0.05) is 12.5 Å². The van der Waals surface area contributed by atoms with Crippen LogP contribution in [0.2, 0.25) is 0 Å². The second kappa shape index (κ2) is 6.22. The molecule has 94 valence electrons. The fourth-order valence-corrected chi connectivity index (χ4v) is 2.72. The number of aromatic nitrogens is 1. The Labute approximate surface area is 107 Å². The van der Waals surface area contributed by atoms with Crippen LogP contribution in [-0.2, 0) is 6.54 Å².